The fourth-order valence-electron chi connectivity index (χ4n) is 5.96. The second-order valence-corrected chi connectivity index (χ2v) is 11.6. The van der Waals surface area contributed by atoms with Crippen molar-refractivity contribution < 1.29 is 28.9 Å². The number of allylic oxidation sites excluding steroid dienone is 1. The Morgan fingerprint density at radius 2 is 1.91 bits per heavy atom. The number of carbonyl (C=O) groups excluding carboxylic acids is 2. The number of hydrogen-bond donors (Lipinski definition) is 1. The first-order valence-electron chi connectivity index (χ1n) is 15.7. The van der Waals surface area contributed by atoms with Crippen LogP contribution in [0, 0.1) is 28.6 Å². The fraction of sp³-hybridized carbons (Fsp3) is 0.500. The van der Waals surface area contributed by atoms with Crippen molar-refractivity contribution in [2.24, 2.45) is 17.0 Å². The molecule has 1 heterocycles. The highest BCUT2D eigenvalue weighted by Gasteiger charge is 2.44. The number of fused-ring (bicyclic) bond motifs is 3. The van der Waals surface area contributed by atoms with Gasteiger partial charge in [0.05, 0.1) is 24.9 Å². The molecule has 2 aliphatic rings. The predicted molar refractivity (Wildman–Crippen MR) is 168 cm³/mol. The molecule has 8 heteroatoms. The normalized spacial score (nSPS) is 19.7. The highest BCUT2D eigenvalue weighted by atomic mass is 16.5. The van der Waals surface area contributed by atoms with Gasteiger partial charge in [0, 0.05) is 24.3 Å². The van der Waals surface area contributed by atoms with E-state index in [4.69, 9.17) is 14.2 Å². The monoisotopic (exact) mass is 601 g/mol. The van der Waals surface area contributed by atoms with Crippen molar-refractivity contribution in [1.29, 1.82) is 0 Å². The van der Waals surface area contributed by atoms with Gasteiger partial charge in [0.2, 0.25) is 0 Å². The number of aliphatic hydroxyl groups is 1. The third-order valence-corrected chi connectivity index (χ3v) is 8.41. The lowest BCUT2D eigenvalue weighted by Crippen LogP contribution is -2.17. The molecule has 44 heavy (non-hydrogen) atoms. The van der Waals surface area contributed by atoms with Gasteiger partial charge in [-0.25, -0.2) is 4.79 Å². The number of unbranched alkanes of at least 4 members (excludes halogenated alkanes) is 1. The van der Waals surface area contributed by atoms with Crippen molar-refractivity contribution in [3.63, 3.8) is 0 Å². The van der Waals surface area contributed by atoms with Crippen LogP contribution in [-0.4, -0.2) is 42.5 Å². The van der Waals surface area contributed by atoms with Crippen LogP contribution in [0.4, 0.5) is 0 Å². The van der Waals surface area contributed by atoms with E-state index >= 15 is 0 Å². The average Bonchev–Trinajstić information content (AvgIpc) is 3.60. The summed E-state index contributed by atoms with van der Waals surface area (Å²) in [5.41, 5.74) is 3.39. The Morgan fingerprint density at radius 1 is 1.11 bits per heavy atom. The maximum atomic E-state index is 12.3. The maximum Gasteiger partial charge on any atom is 0.338 e. The minimum absolute atomic E-state index is 0.00932. The number of aliphatic hydroxyl groups excluding tert-OH is 1. The van der Waals surface area contributed by atoms with Crippen LogP contribution in [0.3, 0.4) is 0 Å². The molecule has 0 radical (unpaired) electrons. The number of para-hydroxylation sites is 1. The van der Waals surface area contributed by atoms with Gasteiger partial charge in [-0.1, -0.05) is 54.6 Å². The summed E-state index contributed by atoms with van der Waals surface area (Å²) in [6.07, 6.45) is 9.33. The highest BCUT2D eigenvalue weighted by molar-refractivity contribution is 5.89. The second kappa shape index (κ2) is 16.8. The molecule has 2 aromatic carbocycles. The molecule has 0 bridgehead atoms. The number of esters is 2. The van der Waals surface area contributed by atoms with E-state index in [0.717, 1.165) is 30.6 Å². The molecule has 5 atom stereocenters. The summed E-state index contributed by atoms with van der Waals surface area (Å²) in [4.78, 5) is 34.9. The van der Waals surface area contributed by atoms with E-state index in [0.29, 0.717) is 49.1 Å². The van der Waals surface area contributed by atoms with Crippen LogP contribution in [-0.2, 0) is 27.2 Å². The summed E-state index contributed by atoms with van der Waals surface area (Å²) in [6, 6.07) is 13.0. The van der Waals surface area contributed by atoms with Crippen molar-refractivity contribution in [3.8, 4) is 17.6 Å². The first-order chi connectivity index (χ1) is 21.4. The molecule has 8 nitrogen and oxygen atoms in total. The van der Waals surface area contributed by atoms with Crippen molar-refractivity contribution in [3.05, 3.63) is 81.8 Å². The Hall–Kier alpha value is -3.96. The van der Waals surface area contributed by atoms with Crippen molar-refractivity contribution in [2.75, 3.05) is 13.2 Å². The molecule has 1 aliphatic carbocycles. The molecule has 2 aromatic rings. The van der Waals surface area contributed by atoms with Gasteiger partial charge in [0.25, 0.3) is 0 Å². The lowest BCUT2D eigenvalue weighted by atomic mass is 9.86. The Balaban J connectivity index is 1.16. The van der Waals surface area contributed by atoms with Crippen LogP contribution in [0.15, 0.2) is 59.8 Å². The zero-order valence-corrected chi connectivity index (χ0v) is 25.7. The molecule has 1 fully saturated rings. The highest BCUT2D eigenvalue weighted by Crippen LogP contribution is 2.52. The van der Waals surface area contributed by atoms with Gasteiger partial charge in [-0.3, -0.25) is 4.79 Å². The first-order valence-corrected chi connectivity index (χ1v) is 15.7. The predicted octanol–water partition coefficient (Wildman–Crippen LogP) is 6.68. The van der Waals surface area contributed by atoms with Crippen LogP contribution in [0.1, 0.15) is 91.8 Å². The molecule has 4 rings (SSSR count). The minimum Gasteiger partial charge on any atom is -0.489 e. The molecule has 1 aliphatic heterocycles. The van der Waals surface area contributed by atoms with Gasteiger partial charge < -0.3 is 19.3 Å². The molecular formula is C36H43NO7. The number of aryl methyl sites for hydroxylation is 1. The Kier molecular flexibility index (Phi) is 12.6. The summed E-state index contributed by atoms with van der Waals surface area (Å²) in [7, 11) is 0. The summed E-state index contributed by atoms with van der Waals surface area (Å²) < 4.78 is 17.1. The summed E-state index contributed by atoms with van der Waals surface area (Å²) >= 11 is 0. The van der Waals surface area contributed by atoms with E-state index in [-0.39, 0.29) is 43.7 Å². The summed E-state index contributed by atoms with van der Waals surface area (Å²) in [5, 5.41) is 13.4. The molecule has 1 N–H and O–H groups in total. The van der Waals surface area contributed by atoms with Crippen molar-refractivity contribution in [2.45, 2.75) is 89.9 Å². The van der Waals surface area contributed by atoms with E-state index in [1.54, 1.807) is 24.3 Å². The number of hydrogen-bond acceptors (Lipinski definition) is 8. The van der Waals surface area contributed by atoms with Gasteiger partial charge in [0.15, 0.2) is 0 Å². The molecule has 0 spiro atoms. The number of carbonyl (C=O) groups is 2. The second-order valence-electron chi connectivity index (χ2n) is 11.6. The molecule has 0 aromatic heterocycles. The lowest BCUT2D eigenvalue weighted by molar-refractivity contribution is -0.143. The number of ether oxygens (including phenoxy) is 3. The van der Waals surface area contributed by atoms with Crippen LogP contribution >= 0.6 is 0 Å². The maximum absolute atomic E-state index is 12.3. The van der Waals surface area contributed by atoms with E-state index in [1.807, 2.05) is 19.9 Å². The van der Waals surface area contributed by atoms with E-state index in [2.05, 4.69) is 41.3 Å². The SMILES string of the molecule is CC#CCC(C)[C@@H](O)/C=C/[C@@H]1CCC2Oc3c(CCCC(=O)OCCCCOC(=O)c4cccc(CN=O)c4)cccc3[C@H]21. The Morgan fingerprint density at radius 3 is 2.70 bits per heavy atom. The number of nitroso groups, excluding NO2 is 1. The zero-order valence-electron chi connectivity index (χ0n) is 25.7. The van der Waals surface area contributed by atoms with E-state index in [9.17, 15) is 19.6 Å². The quantitative estimate of drug-likeness (QED) is 0.0751. The zero-order chi connectivity index (χ0) is 31.3. The smallest absolute Gasteiger partial charge is 0.338 e. The van der Waals surface area contributed by atoms with Gasteiger partial charge in [-0.2, -0.15) is 4.91 Å². The van der Waals surface area contributed by atoms with Gasteiger partial charge in [-0.15, -0.1) is 11.8 Å². The van der Waals surface area contributed by atoms with Gasteiger partial charge in [0.1, 0.15) is 18.4 Å². The van der Waals surface area contributed by atoms with E-state index < -0.39 is 12.1 Å². The number of rotatable bonds is 16. The van der Waals surface area contributed by atoms with Crippen molar-refractivity contribution in [1.82, 2.24) is 0 Å². The third kappa shape index (κ3) is 9.03. The van der Waals surface area contributed by atoms with Gasteiger partial charge in [-0.05, 0) is 80.5 Å². The van der Waals surface area contributed by atoms with Crippen molar-refractivity contribution >= 4 is 11.9 Å². The largest absolute Gasteiger partial charge is 0.489 e. The van der Waals surface area contributed by atoms with Crippen LogP contribution in [0.5, 0.6) is 5.75 Å². The van der Waals surface area contributed by atoms with Crippen LogP contribution in [0.2, 0.25) is 0 Å². The molecule has 2 unspecified atom stereocenters. The third-order valence-electron chi connectivity index (χ3n) is 8.41. The molecule has 1 saturated carbocycles. The first kappa shape index (κ1) is 32.9. The average molecular weight is 602 g/mol. The molecular weight excluding hydrogens is 558 g/mol. The van der Waals surface area contributed by atoms with E-state index in [1.165, 1.54) is 5.56 Å². The fourth-order valence-corrected chi connectivity index (χ4v) is 5.96. The standard InChI is InChI=1S/C36H43NO7/c1-3-4-10-25(2)31(38)19-17-27-18-20-32-34(27)30-15-8-12-28(35(30)44-32)13-9-16-33(39)42-21-5-6-22-43-36(40)29-14-7-11-26(23-29)24-37-41/h7-8,11-12,14-15,17,19,23,25,27,31-32,34,38H,5-6,9-10,13,16,18,20-22,24H2,1-2H3/b19-17+/t25?,27-,31+,32?,34-/m1/s1. The van der Waals surface area contributed by atoms with Crippen LogP contribution in [0.25, 0.3) is 0 Å². The molecule has 234 valence electrons. The van der Waals surface area contributed by atoms with Gasteiger partial charge >= 0.3 is 11.9 Å². The summed E-state index contributed by atoms with van der Waals surface area (Å²) in [5.74, 6) is 6.91. The molecule has 0 amide bonds. The Labute approximate surface area is 260 Å². The van der Waals surface area contributed by atoms with Crippen LogP contribution < -0.4 is 4.74 Å². The Bertz CT molecular complexity index is 1370. The lowest BCUT2D eigenvalue weighted by Gasteiger charge is -2.17. The molecule has 0 saturated heterocycles. The topological polar surface area (TPSA) is 111 Å². The number of benzene rings is 2. The minimum atomic E-state index is -0.512. The summed E-state index contributed by atoms with van der Waals surface area (Å²) in [6.45, 7) is 4.34. The number of nitrogens with zero attached hydrogens (tertiary/aromatic N) is 1.